The summed E-state index contributed by atoms with van der Waals surface area (Å²) in [5.74, 6) is -0.724. The lowest BCUT2D eigenvalue weighted by molar-refractivity contribution is -0.108. The van der Waals surface area contributed by atoms with Gasteiger partial charge >= 0.3 is 0 Å². The molecule has 0 aromatic carbocycles. The van der Waals surface area contributed by atoms with E-state index in [0.717, 1.165) is 5.69 Å². The Balaban J connectivity index is 3.26. The second-order valence-corrected chi connectivity index (χ2v) is 3.18. The third-order valence-electron chi connectivity index (χ3n) is 1.91. The van der Waals surface area contributed by atoms with Gasteiger partial charge in [-0.2, -0.15) is 0 Å². The van der Waals surface area contributed by atoms with Gasteiger partial charge in [-0.1, -0.05) is 18.7 Å². The summed E-state index contributed by atoms with van der Waals surface area (Å²) in [5, 5.41) is -0.996. The van der Waals surface area contributed by atoms with Crippen LogP contribution >= 0.6 is 11.6 Å². The van der Waals surface area contributed by atoms with Gasteiger partial charge in [-0.15, -0.1) is 0 Å². The van der Waals surface area contributed by atoms with Crippen molar-refractivity contribution in [3.8, 4) is 0 Å². The third kappa shape index (κ3) is 2.25. The number of allylic oxidation sites excluding steroid dienone is 1. The molecule has 0 aliphatic rings. The molecule has 0 radical (unpaired) electrons. The zero-order valence-corrected chi connectivity index (χ0v) is 8.97. The number of H-pyrrole nitrogens is 1. The molecule has 15 heavy (non-hydrogen) atoms. The van der Waals surface area contributed by atoms with E-state index in [-0.39, 0.29) is 5.56 Å². The van der Waals surface area contributed by atoms with Gasteiger partial charge in [0.05, 0.1) is 5.56 Å². The Labute approximate surface area is 92.4 Å². The van der Waals surface area contributed by atoms with Gasteiger partial charge in [0.25, 0.3) is 5.24 Å². The van der Waals surface area contributed by atoms with E-state index in [0.29, 0.717) is 5.56 Å². The van der Waals surface area contributed by atoms with Gasteiger partial charge in [-0.3, -0.25) is 9.59 Å². The average Bonchev–Trinajstić information content (AvgIpc) is 2.60. The van der Waals surface area contributed by atoms with Crippen molar-refractivity contribution >= 4 is 34.8 Å². The van der Waals surface area contributed by atoms with Crippen LogP contribution < -0.4 is 0 Å². The lowest BCUT2D eigenvalue weighted by Crippen LogP contribution is -2.07. The predicted octanol–water partition coefficient (Wildman–Crippen LogP) is 2.64. The Hall–Kier alpha value is -1.61. The molecule has 1 rings (SSSR count). The molecule has 4 heteroatoms. The topological polar surface area (TPSA) is 49.9 Å². The van der Waals surface area contributed by atoms with Crippen molar-refractivity contribution < 1.29 is 9.59 Å². The summed E-state index contributed by atoms with van der Waals surface area (Å²) in [4.78, 5) is 25.0. The van der Waals surface area contributed by atoms with Crippen LogP contribution in [0.25, 0.3) is 12.2 Å². The molecule has 3 nitrogen and oxygen atoms in total. The van der Waals surface area contributed by atoms with Gasteiger partial charge in [0.1, 0.15) is 0 Å². The summed E-state index contributed by atoms with van der Waals surface area (Å²) in [7, 11) is 0. The van der Waals surface area contributed by atoms with Crippen molar-refractivity contribution in [2.45, 2.75) is 6.92 Å². The summed E-state index contributed by atoms with van der Waals surface area (Å²) in [6.07, 6.45) is 6.57. The standard InChI is InChI=1S/C11H10ClNO2/c1-3-5-9-7(4-2)8(6-13-9)10(14)11(12)15/h3-6,13H,2H2,1H3/b5-3-. The van der Waals surface area contributed by atoms with Crippen LogP contribution in [0.4, 0.5) is 0 Å². The summed E-state index contributed by atoms with van der Waals surface area (Å²) < 4.78 is 0. The smallest absolute Gasteiger partial charge is 0.293 e. The first-order valence-corrected chi connectivity index (χ1v) is 4.70. The molecule has 0 spiro atoms. The van der Waals surface area contributed by atoms with Crippen LogP contribution in [0.15, 0.2) is 18.9 Å². The highest BCUT2D eigenvalue weighted by Crippen LogP contribution is 2.18. The summed E-state index contributed by atoms with van der Waals surface area (Å²) >= 11 is 5.12. The number of hydrogen-bond donors (Lipinski definition) is 1. The summed E-state index contributed by atoms with van der Waals surface area (Å²) in [6, 6.07) is 0. The van der Waals surface area contributed by atoms with Crippen LogP contribution in [-0.2, 0) is 4.79 Å². The summed E-state index contributed by atoms with van der Waals surface area (Å²) in [5.41, 5.74) is 1.57. The minimum Gasteiger partial charge on any atom is -0.360 e. The van der Waals surface area contributed by atoms with Crippen LogP contribution in [0.1, 0.15) is 28.5 Å². The fourth-order valence-electron chi connectivity index (χ4n) is 1.27. The van der Waals surface area contributed by atoms with E-state index >= 15 is 0 Å². The van der Waals surface area contributed by atoms with Crippen LogP contribution in [0, 0.1) is 0 Å². The molecule has 0 aliphatic heterocycles. The highest BCUT2D eigenvalue weighted by molar-refractivity contribution is 6.83. The predicted molar refractivity (Wildman–Crippen MR) is 60.8 cm³/mol. The molecule has 1 heterocycles. The number of ketones is 1. The molecule has 0 atom stereocenters. The van der Waals surface area contributed by atoms with E-state index in [1.807, 2.05) is 13.0 Å². The number of nitrogens with one attached hydrogen (secondary N) is 1. The van der Waals surface area contributed by atoms with E-state index in [1.54, 1.807) is 6.08 Å². The summed E-state index contributed by atoms with van der Waals surface area (Å²) in [6.45, 7) is 5.44. The maximum absolute atomic E-state index is 11.4. The maximum Gasteiger partial charge on any atom is 0.293 e. The molecular formula is C11H10ClNO2. The SMILES string of the molecule is C=Cc1c(C(=O)C(=O)Cl)c[nH]c1/C=C\C. The molecule has 0 bridgehead atoms. The first kappa shape index (κ1) is 11.5. The minimum absolute atomic E-state index is 0.248. The van der Waals surface area contributed by atoms with E-state index in [4.69, 9.17) is 11.6 Å². The Morgan fingerprint density at radius 3 is 2.67 bits per heavy atom. The van der Waals surface area contributed by atoms with Gasteiger partial charge in [-0.05, 0) is 24.6 Å². The van der Waals surface area contributed by atoms with Crippen molar-refractivity contribution in [3.63, 3.8) is 0 Å². The van der Waals surface area contributed by atoms with Crippen LogP contribution in [0.5, 0.6) is 0 Å². The molecule has 0 saturated heterocycles. The third-order valence-corrected chi connectivity index (χ3v) is 2.08. The van der Waals surface area contributed by atoms with Crippen molar-refractivity contribution in [3.05, 3.63) is 35.7 Å². The Morgan fingerprint density at radius 2 is 2.20 bits per heavy atom. The lowest BCUT2D eigenvalue weighted by Gasteiger charge is -1.95. The number of aromatic nitrogens is 1. The molecule has 1 aromatic rings. The fraction of sp³-hybridized carbons (Fsp3) is 0.0909. The van der Waals surface area contributed by atoms with Crippen molar-refractivity contribution in [1.29, 1.82) is 0 Å². The molecular weight excluding hydrogens is 214 g/mol. The van der Waals surface area contributed by atoms with Gasteiger partial charge < -0.3 is 4.98 Å². The number of aromatic amines is 1. The normalized spacial score (nSPS) is 10.5. The van der Waals surface area contributed by atoms with Crippen molar-refractivity contribution in [2.75, 3.05) is 0 Å². The van der Waals surface area contributed by atoms with Gasteiger partial charge in [0.2, 0.25) is 5.78 Å². The zero-order chi connectivity index (χ0) is 11.4. The Morgan fingerprint density at radius 1 is 1.53 bits per heavy atom. The molecule has 0 amide bonds. The lowest BCUT2D eigenvalue weighted by atomic mass is 10.1. The van der Waals surface area contributed by atoms with Crippen LogP contribution in [0.2, 0.25) is 0 Å². The molecule has 0 aliphatic carbocycles. The highest BCUT2D eigenvalue weighted by atomic mass is 35.5. The Bertz CT molecular complexity index is 443. The van der Waals surface area contributed by atoms with Crippen LogP contribution in [0.3, 0.4) is 0 Å². The second-order valence-electron chi connectivity index (χ2n) is 2.84. The number of halogens is 1. The number of carbonyl (C=O) groups is 2. The van der Waals surface area contributed by atoms with Crippen molar-refractivity contribution in [2.24, 2.45) is 0 Å². The molecule has 1 aromatic heterocycles. The van der Waals surface area contributed by atoms with Crippen molar-refractivity contribution in [1.82, 2.24) is 4.98 Å². The average molecular weight is 224 g/mol. The molecule has 0 saturated carbocycles. The minimum atomic E-state index is -0.996. The number of rotatable bonds is 4. The van der Waals surface area contributed by atoms with E-state index < -0.39 is 11.0 Å². The van der Waals surface area contributed by atoms with Crippen LogP contribution in [-0.4, -0.2) is 16.0 Å². The van der Waals surface area contributed by atoms with Gasteiger partial charge in [0.15, 0.2) is 0 Å². The first-order valence-electron chi connectivity index (χ1n) is 4.32. The number of Topliss-reactive ketones (excluding diaryl/α,β-unsaturated/α-hetero) is 1. The molecule has 1 N–H and O–H groups in total. The largest absolute Gasteiger partial charge is 0.360 e. The van der Waals surface area contributed by atoms with E-state index in [2.05, 4.69) is 11.6 Å². The number of carbonyl (C=O) groups excluding carboxylic acids is 2. The van der Waals surface area contributed by atoms with Gasteiger partial charge in [0, 0.05) is 17.5 Å². The van der Waals surface area contributed by atoms with E-state index in [1.165, 1.54) is 12.3 Å². The number of hydrogen-bond acceptors (Lipinski definition) is 2. The Kier molecular flexibility index (Phi) is 3.63. The highest BCUT2D eigenvalue weighted by Gasteiger charge is 2.19. The first-order chi connectivity index (χ1) is 7.11. The molecule has 0 unspecified atom stereocenters. The molecule has 0 fully saturated rings. The van der Waals surface area contributed by atoms with E-state index in [9.17, 15) is 9.59 Å². The maximum atomic E-state index is 11.4. The molecule has 78 valence electrons. The monoisotopic (exact) mass is 223 g/mol. The quantitative estimate of drug-likeness (QED) is 0.485. The zero-order valence-electron chi connectivity index (χ0n) is 8.21. The van der Waals surface area contributed by atoms with Gasteiger partial charge in [-0.25, -0.2) is 0 Å². The fourth-order valence-corrected chi connectivity index (χ4v) is 1.37. The second kappa shape index (κ2) is 4.75.